The van der Waals surface area contributed by atoms with Crippen molar-refractivity contribution in [1.29, 1.82) is 0 Å². The molecule has 0 bridgehead atoms. The molecular weight excluding hydrogens is 228 g/mol. The fourth-order valence-corrected chi connectivity index (χ4v) is 3.23. The molecule has 1 fully saturated rings. The molecule has 1 aliphatic rings. The maximum atomic E-state index is 6.23. The second-order valence-electron chi connectivity index (χ2n) is 5.18. The highest BCUT2D eigenvalue weighted by Gasteiger charge is 2.35. The van der Waals surface area contributed by atoms with Gasteiger partial charge in [-0.05, 0) is 55.1 Å². The van der Waals surface area contributed by atoms with Crippen molar-refractivity contribution in [1.82, 2.24) is 4.90 Å². The van der Waals surface area contributed by atoms with Crippen LogP contribution in [0.1, 0.15) is 51.1 Å². The summed E-state index contributed by atoms with van der Waals surface area (Å²) in [7, 11) is 0. The summed E-state index contributed by atoms with van der Waals surface area (Å²) in [5.74, 6) is 0. The van der Waals surface area contributed by atoms with Crippen molar-refractivity contribution < 1.29 is 0 Å². The summed E-state index contributed by atoms with van der Waals surface area (Å²) in [6.45, 7) is 5.60. The minimum Gasteiger partial charge on any atom is -0.326 e. The van der Waals surface area contributed by atoms with Gasteiger partial charge in [-0.1, -0.05) is 13.3 Å². The Bertz CT molecular complexity index is 317. The van der Waals surface area contributed by atoms with Crippen molar-refractivity contribution >= 4 is 11.3 Å². The van der Waals surface area contributed by atoms with E-state index < -0.39 is 0 Å². The molecule has 0 spiro atoms. The minimum atomic E-state index is 0.210. The molecule has 17 heavy (non-hydrogen) atoms. The van der Waals surface area contributed by atoms with Gasteiger partial charge < -0.3 is 5.73 Å². The lowest BCUT2D eigenvalue weighted by molar-refractivity contribution is 0.164. The third-order valence-corrected chi connectivity index (χ3v) is 4.23. The van der Waals surface area contributed by atoms with Crippen molar-refractivity contribution in [2.75, 3.05) is 6.54 Å². The molecule has 2 nitrogen and oxygen atoms in total. The number of unbranched alkanes of at least 4 members (excludes halogenated alkanes) is 1. The van der Waals surface area contributed by atoms with Crippen LogP contribution in [0.4, 0.5) is 0 Å². The van der Waals surface area contributed by atoms with Crippen molar-refractivity contribution in [3.63, 3.8) is 0 Å². The first-order valence-corrected chi connectivity index (χ1v) is 7.71. The first kappa shape index (κ1) is 13.1. The molecule has 3 heteroatoms. The molecule has 1 aliphatic carbocycles. The van der Waals surface area contributed by atoms with Gasteiger partial charge in [-0.2, -0.15) is 11.3 Å². The zero-order valence-electron chi connectivity index (χ0n) is 10.9. The highest BCUT2D eigenvalue weighted by Crippen LogP contribution is 2.36. The highest BCUT2D eigenvalue weighted by atomic mass is 32.1. The number of nitrogens with two attached hydrogens (primary N) is 1. The van der Waals surface area contributed by atoms with Gasteiger partial charge in [-0.25, -0.2) is 0 Å². The smallest absolute Gasteiger partial charge is 0.0507 e. The van der Waals surface area contributed by atoms with Crippen LogP contribution in [-0.2, 0) is 0 Å². The van der Waals surface area contributed by atoms with E-state index in [0.29, 0.717) is 6.04 Å². The Morgan fingerprint density at radius 2 is 2.29 bits per heavy atom. The van der Waals surface area contributed by atoms with Gasteiger partial charge in [0.25, 0.3) is 0 Å². The minimum absolute atomic E-state index is 0.210. The Kier molecular flexibility index (Phi) is 4.60. The summed E-state index contributed by atoms with van der Waals surface area (Å²) in [6.07, 6.45) is 5.26. The molecular formula is C14H24N2S. The molecule has 0 radical (unpaired) electrons. The van der Waals surface area contributed by atoms with Crippen LogP contribution in [0.15, 0.2) is 16.8 Å². The summed E-state index contributed by atoms with van der Waals surface area (Å²) in [5, 5.41) is 4.42. The maximum Gasteiger partial charge on any atom is 0.0507 e. The Morgan fingerprint density at radius 3 is 2.76 bits per heavy atom. The second kappa shape index (κ2) is 5.98. The van der Waals surface area contributed by atoms with E-state index in [1.54, 1.807) is 11.3 Å². The largest absolute Gasteiger partial charge is 0.326 e. The molecule has 2 atom stereocenters. The van der Waals surface area contributed by atoms with Crippen LogP contribution in [0, 0.1) is 0 Å². The number of hydrogen-bond donors (Lipinski definition) is 1. The van der Waals surface area contributed by atoms with Gasteiger partial charge in [0, 0.05) is 12.1 Å². The maximum absolute atomic E-state index is 6.23. The summed E-state index contributed by atoms with van der Waals surface area (Å²) in [5.41, 5.74) is 7.64. The molecule has 1 saturated carbocycles. The summed E-state index contributed by atoms with van der Waals surface area (Å²) in [4.78, 5) is 2.65. The van der Waals surface area contributed by atoms with Gasteiger partial charge in [0.05, 0.1) is 6.04 Å². The van der Waals surface area contributed by atoms with Crippen molar-refractivity contribution in [2.45, 2.75) is 57.7 Å². The van der Waals surface area contributed by atoms with Crippen LogP contribution < -0.4 is 5.73 Å². The molecule has 0 aromatic carbocycles. The number of hydrogen-bond acceptors (Lipinski definition) is 3. The lowest BCUT2D eigenvalue weighted by Crippen LogP contribution is -2.41. The van der Waals surface area contributed by atoms with Crippen LogP contribution in [0.3, 0.4) is 0 Å². The van der Waals surface area contributed by atoms with Crippen molar-refractivity contribution in [3.8, 4) is 0 Å². The van der Waals surface area contributed by atoms with E-state index in [1.165, 1.54) is 37.8 Å². The van der Waals surface area contributed by atoms with Crippen molar-refractivity contribution in [3.05, 3.63) is 22.4 Å². The standard InChI is InChI=1S/C14H24N2S/c1-3-4-8-16(13-5-6-13)14(11(2)15)12-7-9-17-10-12/h7,9-11,13-14H,3-6,8,15H2,1-2H3. The molecule has 2 unspecified atom stereocenters. The fraction of sp³-hybridized carbons (Fsp3) is 0.714. The zero-order chi connectivity index (χ0) is 12.3. The topological polar surface area (TPSA) is 29.3 Å². The van der Waals surface area contributed by atoms with E-state index in [4.69, 9.17) is 5.73 Å². The predicted molar refractivity (Wildman–Crippen MR) is 75.3 cm³/mol. The SMILES string of the molecule is CCCCN(C1CC1)C(c1ccsc1)C(C)N. The van der Waals surface area contributed by atoms with Crippen LogP contribution in [0.2, 0.25) is 0 Å². The lowest BCUT2D eigenvalue weighted by atomic mass is 10.0. The highest BCUT2D eigenvalue weighted by molar-refractivity contribution is 7.07. The molecule has 0 amide bonds. The Morgan fingerprint density at radius 1 is 1.53 bits per heavy atom. The number of thiophene rings is 1. The van der Waals surface area contributed by atoms with E-state index in [2.05, 4.69) is 35.6 Å². The van der Waals surface area contributed by atoms with E-state index in [9.17, 15) is 0 Å². The molecule has 2 N–H and O–H groups in total. The van der Waals surface area contributed by atoms with Gasteiger partial charge in [0.2, 0.25) is 0 Å². The first-order chi connectivity index (χ1) is 8.24. The van der Waals surface area contributed by atoms with Gasteiger partial charge in [-0.15, -0.1) is 0 Å². The van der Waals surface area contributed by atoms with Gasteiger partial charge in [0.1, 0.15) is 0 Å². The average molecular weight is 252 g/mol. The van der Waals surface area contributed by atoms with Gasteiger partial charge in [0.15, 0.2) is 0 Å². The molecule has 0 aliphatic heterocycles. The second-order valence-corrected chi connectivity index (χ2v) is 5.96. The van der Waals surface area contributed by atoms with E-state index in [-0.39, 0.29) is 6.04 Å². The molecule has 2 rings (SSSR count). The van der Waals surface area contributed by atoms with Gasteiger partial charge in [-0.3, -0.25) is 4.90 Å². The quantitative estimate of drug-likeness (QED) is 0.806. The van der Waals surface area contributed by atoms with Gasteiger partial charge >= 0.3 is 0 Å². The molecule has 1 aromatic heterocycles. The Balaban J connectivity index is 2.11. The molecule has 0 saturated heterocycles. The summed E-state index contributed by atoms with van der Waals surface area (Å²) < 4.78 is 0. The molecule has 96 valence electrons. The molecule has 1 aromatic rings. The normalized spacial score (nSPS) is 19.5. The first-order valence-electron chi connectivity index (χ1n) is 6.77. The summed E-state index contributed by atoms with van der Waals surface area (Å²) >= 11 is 1.78. The Hall–Kier alpha value is -0.380. The van der Waals surface area contributed by atoms with Crippen molar-refractivity contribution in [2.24, 2.45) is 5.73 Å². The third-order valence-electron chi connectivity index (χ3n) is 3.53. The van der Waals surface area contributed by atoms with E-state index in [1.807, 2.05) is 0 Å². The number of rotatable bonds is 7. The zero-order valence-corrected chi connectivity index (χ0v) is 11.7. The lowest BCUT2D eigenvalue weighted by Gasteiger charge is -2.34. The van der Waals surface area contributed by atoms with Crippen LogP contribution >= 0.6 is 11.3 Å². The van der Waals surface area contributed by atoms with Crippen LogP contribution in [0.25, 0.3) is 0 Å². The van der Waals surface area contributed by atoms with Crippen LogP contribution in [0.5, 0.6) is 0 Å². The monoisotopic (exact) mass is 252 g/mol. The van der Waals surface area contributed by atoms with E-state index in [0.717, 1.165) is 6.04 Å². The third kappa shape index (κ3) is 3.30. The Labute approximate surface area is 109 Å². The average Bonchev–Trinajstić information content (AvgIpc) is 3.00. The van der Waals surface area contributed by atoms with Crippen LogP contribution in [-0.4, -0.2) is 23.5 Å². The summed E-state index contributed by atoms with van der Waals surface area (Å²) in [6, 6.07) is 3.65. The molecule has 1 heterocycles. The predicted octanol–water partition coefficient (Wildman–Crippen LogP) is 3.40. The van der Waals surface area contributed by atoms with E-state index >= 15 is 0 Å². The fourth-order valence-electron chi connectivity index (χ4n) is 2.54. The number of nitrogens with zero attached hydrogens (tertiary/aromatic N) is 1.